The molecule has 0 heterocycles. The van der Waals surface area contributed by atoms with Gasteiger partial charge in [0.1, 0.15) is 11.5 Å². The molecule has 0 unspecified atom stereocenters. The summed E-state index contributed by atoms with van der Waals surface area (Å²) in [5.74, 6) is 0.340. The summed E-state index contributed by atoms with van der Waals surface area (Å²) in [5.41, 5.74) is 1.05. The molecule has 0 saturated carbocycles. The molecule has 0 amide bonds. The fraction of sp³-hybridized carbons (Fsp3) is 0.478. The van der Waals surface area contributed by atoms with E-state index < -0.39 is 10.1 Å². The van der Waals surface area contributed by atoms with Crippen LogP contribution in [0.15, 0.2) is 47.4 Å². The van der Waals surface area contributed by atoms with Crippen molar-refractivity contribution in [2.45, 2.75) is 76.0 Å². The van der Waals surface area contributed by atoms with Crippen LogP contribution >= 0.6 is 0 Å². The predicted molar refractivity (Wildman–Crippen MR) is 113 cm³/mol. The molecule has 7 heteroatoms. The Bertz CT molecular complexity index is 850. The van der Waals surface area contributed by atoms with Crippen molar-refractivity contribution in [3.05, 3.63) is 48.0 Å². The van der Waals surface area contributed by atoms with E-state index in [9.17, 15) is 13.5 Å². The van der Waals surface area contributed by atoms with Crippen molar-refractivity contribution >= 4 is 10.1 Å². The zero-order chi connectivity index (χ0) is 21.1. The van der Waals surface area contributed by atoms with Crippen LogP contribution in [0.25, 0.3) is 0 Å². The minimum absolute atomic E-state index is 0. The van der Waals surface area contributed by atoms with Crippen LogP contribution < -0.4 is 39.4 Å². The van der Waals surface area contributed by atoms with E-state index in [1.807, 2.05) is 6.07 Å². The molecule has 0 radical (unpaired) electrons. The van der Waals surface area contributed by atoms with Crippen LogP contribution in [-0.2, 0) is 16.5 Å². The first-order chi connectivity index (χ1) is 13.9. The number of ether oxygens (including phenoxy) is 1. The molecular formula is C23H31NaO5S. The fourth-order valence-electron chi connectivity index (χ4n) is 3.23. The second-order valence-corrected chi connectivity index (χ2v) is 8.83. The third kappa shape index (κ3) is 9.84. The summed E-state index contributed by atoms with van der Waals surface area (Å²) in [6, 6.07) is 10.4. The summed E-state index contributed by atoms with van der Waals surface area (Å²) in [4.78, 5) is -0.216. The third-order valence-corrected chi connectivity index (χ3v) is 5.79. The van der Waals surface area contributed by atoms with Gasteiger partial charge in [-0.3, -0.25) is 4.55 Å². The number of hydrogen-bond donors (Lipinski definition) is 1. The molecule has 1 N–H and O–H groups in total. The van der Waals surface area contributed by atoms with Crippen LogP contribution in [0.5, 0.6) is 17.2 Å². The van der Waals surface area contributed by atoms with Gasteiger partial charge in [0.2, 0.25) is 0 Å². The molecule has 0 fully saturated rings. The van der Waals surface area contributed by atoms with Gasteiger partial charge >= 0.3 is 29.6 Å². The summed E-state index contributed by atoms with van der Waals surface area (Å²) in [6.07, 6.45) is 12.3. The van der Waals surface area contributed by atoms with Crippen molar-refractivity contribution in [3.63, 3.8) is 0 Å². The SMILES string of the molecule is CCCCCCCCCCCc1ccc([O-])c(Oc2ccc(S(=O)(=O)O)cc2)c1.[Na+]. The van der Waals surface area contributed by atoms with Gasteiger partial charge in [0, 0.05) is 0 Å². The number of rotatable bonds is 13. The molecule has 5 nitrogen and oxygen atoms in total. The van der Waals surface area contributed by atoms with Crippen molar-refractivity contribution in [2.24, 2.45) is 0 Å². The van der Waals surface area contributed by atoms with E-state index in [2.05, 4.69) is 6.92 Å². The molecule has 160 valence electrons. The van der Waals surface area contributed by atoms with Crippen LogP contribution in [0.4, 0.5) is 0 Å². The molecule has 2 aromatic carbocycles. The molecule has 0 aliphatic carbocycles. The van der Waals surface area contributed by atoms with E-state index >= 15 is 0 Å². The zero-order valence-electron chi connectivity index (χ0n) is 18.1. The molecule has 0 spiro atoms. The molecular weight excluding hydrogens is 411 g/mol. The maximum atomic E-state index is 12.1. The van der Waals surface area contributed by atoms with Gasteiger partial charge < -0.3 is 9.84 Å². The fourth-order valence-corrected chi connectivity index (χ4v) is 3.71. The van der Waals surface area contributed by atoms with Crippen molar-refractivity contribution in [1.82, 2.24) is 0 Å². The van der Waals surface area contributed by atoms with Gasteiger partial charge in [0.25, 0.3) is 10.1 Å². The van der Waals surface area contributed by atoms with Crippen LogP contribution in [-0.4, -0.2) is 13.0 Å². The maximum absolute atomic E-state index is 12.1. The maximum Gasteiger partial charge on any atom is 1.00 e. The van der Waals surface area contributed by atoms with E-state index in [1.165, 1.54) is 81.7 Å². The summed E-state index contributed by atoms with van der Waals surface area (Å²) < 4.78 is 36.8. The normalized spacial score (nSPS) is 11.1. The number of hydrogen-bond acceptors (Lipinski definition) is 4. The molecule has 2 aromatic rings. The summed E-state index contributed by atoms with van der Waals surface area (Å²) >= 11 is 0. The van der Waals surface area contributed by atoms with E-state index in [0.717, 1.165) is 18.4 Å². The summed E-state index contributed by atoms with van der Waals surface area (Å²) in [5, 5.41) is 12.1. The predicted octanol–water partition coefficient (Wildman–Crippen LogP) is 2.88. The Balaban J connectivity index is 0.00000450. The van der Waals surface area contributed by atoms with Crippen LogP contribution in [0.3, 0.4) is 0 Å². The van der Waals surface area contributed by atoms with Gasteiger partial charge in [-0.25, -0.2) is 0 Å². The third-order valence-electron chi connectivity index (χ3n) is 4.93. The summed E-state index contributed by atoms with van der Waals surface area (Å²) in [6.45, 7) is 2.23. The number of benzene rings is 2. The largest absolute Gasteiger partial charge is 1.00 e. The zero-order valence-corrected chi connectivity index (χ0v) is 20.9. The molecule has 0 bridgehead atoms. The van der Waals surface area contributed by atoms with Crippen molar-refractivity contribution < 1.29 is 52.4 Å². The Hall–Kier alpha value is -1.05. The Labute approximate surface area is 202 Å². The summed E-state index contributed by atoms with van der Waals surface area (Å²) in [7, 11) is -4.25. The molecule has 0 aromatic heterocycles. The molecule has 0 aliphatic heterocycles. The Kier molecular flexibility index (Phi) is 12.7. The molecule has 30 heavy (non-hydrogen) atoms. The Morgan fingerprint density at radius 3 is 2.00 bits per heavy atom. The topological polar surface area (TPSA) is 86.7 Å². The molecule has 0 aliphatic rings. The van der Waals surface area contributed by atoms with Crippen LogP contribution in [0, 0.1) is 0 Å². The van der Waals surface area contributed by atoms with E-state index in [4.69, 9.17) is 9.29 Å². The van der Waals surface area contributed by atoms with Gasteiger partial charge in [-0.1, -0.05) is 76.2 Å². The minimum atomic E-state index is -4.25. The van der Waals surface area contributed by atoms with Crippen molar-refractivity contribution in [2.75, 3.05) is 0 Å². The van der Waals surface area contributed by atoms with Crippen LogP contribution in [0.1, 0.15) is 70.3 Å². The van der Waals surface area contributed by atoms with Crippen molar-refractivity contribution in [3.8, 4) is 17.2 Å². The van der Waals surface area contributed by atoms with Gasteiger partial charge in [-0.05, 0) is 48.7 Å². The average Bonchev–Trinajstić information content (AvgIpc) is 2.69. The van der Waals surface area contributed by atoms with Gasteiger partial charge in [0.15, 0.2) is 0 Å². The van der Waals surface area contributed by atoms with Crippen LogP contribution in [0.2, 0.25) is 0 Å². The first-order valence-corrected chi connectivity index (χ1v) is 11.9. The first kappa shape index (κ1) is 27.0. The molecule has 0 atom stereocenters. The number of aryl methyl sites for hydroxylation is 1. The van der Waals surface area contributed by atoms with E-state index in [1.54, 1.807) is 6.07 Å². The minimum Gasteiger partial charge on any atom is -0.870 e. The molecule has 0 saturated heterocycles. The van der Waals surface area contributed by atoms with E-state index in [-0.39, 0.29) is 46.0 Å². The quantitative estimate of drug-likeness (QED) is 0.293. The number of unbranched alkanes of at least 4 members (excludes halogenated alkanes) is 8. The Morgan fingerprint density at radius 2 is 1.43 bits per heavy atom. The van der Waals surface area contributed by atoms with Gasteiger partial charge in [-0.15, -0.1) is 0 Å². The average molecular weight is 443 g/mol. The monoisotopic (exact) mass is 442 g/mol. The first-order valence-electron chi connectivity index (χ1n) is 10.5. The molecule has 2 rings (SSSR count). The Morgan fingerprint density at radius 1 is 0.867 bits per heavy atom. The van der Waals surface area contributed by atoms with Crippen molar-refractivity contribution in [1.29, 1.82) is 0 Å². The second kappa shape index (κ2) is 14.1. The van der Waals surface area contributed by atoms with E-state index in [0.29, 0.717) is 5.75 Å². The van der Waals surface area contributed by atoms with Gasteiger partial charge in [0.05, 0.1) is 4.90 Å². The van der Waals surface area contributed by atoms with Gasteiger partial charge in [-0.2, -0.15) is 8.42 Å². The smallest absolute Gasteiger partial charge is 0.870 e. The standard InChI is InChI=1S/C23H32O5S.Na/c1-2-3-4-5-6-7-8-9-10-11-19-12-17-22(24)23(18-19)28-20-13-15-21(16-14-20)29(25,26)27;/h12-18,24H,2-11H2,1H3,(H,25,26,27);/q;+1/p-1. The second-order valence-electron chi connectivity index (χ2n) is 7.41.